The van der Waals surface area contributed by atoms with Gasteiger partial charge in [-0.05, 0) is 12.1 Å². The quantitative estimate of drug-likeness (QED) is 0.537. The molecule has 1 aliphatic rings. The minimum atomic E-state index is -0.866. The van der Waals surface area contributed by atoms with Gasteiger partial charge in [-0.15, -0.1) is 0 Å². The number of hydrogen-bond acceptors (Lipinski definition) is 7. The molecule has 1 aromatic rings. The number of likely N-dealkylation sites (N-methyl/N-ethyl adjacent to an activating group) is 1. The second-order valence-corrected chi connectivity index (χ2v) is 5.39. The maximum Gasteiger partial charge on any atom is 0.327 e. The fourth-order valence-corrected chi connectivity index (χ4v) is 2.24. The van der Waals surface area contributed by atoms with Gasteiger partial charge in [0.05, 0.1) is 19.9 Å². The van der Waals surface area contributed by atoms with Gasteiger partial charge in [0, 0.05) is 13.1 Å². The Morgan fingerprint density at radius 2 is 1.92 bits per heavy atom. The van der Waals surface area contributed by atoms with Gasteiger partial charge < -0.3 is 24.4 Å². The van der Waals surface area contributed by atoms with Crippen LogP contribution in [0, 0.1) is 0 Å². The summed E-state index contributed by atoms with van der Waals surface area (Å²) in [6, 6.07) is 4.24. The zero-order chi connectivity index (χ0) is 19.3. The molecule has 0 atom stereocenters. The van der Waals surface area contributed by atoms with Crippen molar-refractivity contribution in [2.24, 2.45) is 0 Å². The van der Waals surface area contributed by atoms with Gasteiger partial charge in [0.15, 0.2) is 6.61 Å². The van der Waals surface area contributed by atoms with Crippen LogP contribution in [-0.2, 0) is 19.1 Å². The average molecular weight is 365 g/mol. The van der Waals surface area contributed by atoms with Crippen molar-refractivity contribution in [1.82, 2.24) is 9.80 Å². The first-order valence-corrected chi connectivity index (χ1v) is 7.58. The molecule has 0 saturated carbocycles. The number of nitrogens with zero attached hydrogens (tertiary/aromatic N) is 2. The SMILES string of the molecule is COc1ccc(OC)c(NC(=O)COC(=O)CN2C(=O)CN(C)C2=O)c1. The fraction of sp³-hybridized carbons (Fsp3) is 0.375. The van der Waals surface area contributed by atoms with Gasteiger partial charge in [-0.1, -0.05) is 0 Å². The van der Waals surface area contributed by atoms with Gasteiger partial charge in [0.25, 0.3) is 11.8 Å². The first-order chi connectivity index (χ1) is 12.3. The Morgan fingerprint density at radius 3 is 2.50 bits per heavy atom. The molecule has 0 radical (unpaired) electrons. The summed E-state index contributed by atoms with van der Waals surface area (Å²) in [6.07, 6.45) is 0. The number of benzene rings is 1. The van der Waals surface area contributed by atoms with Gasteiger partial charge in [0.1, 0.15) is 24.6 Å². The molecule has 2 rings (SSSR count). The summed E-state index contributed by atoms with van der Waals surface area (Å²) in [5.74, 6) is -1.06. The maximum absolute atomic E-state index is 12.0. The first kappa shape index (κ1) is 19.0. The molecular formula is C16H19N3O7. The van der Waals surface area contributed by atoms with Crippen molar-refractivity contribution in [3.05, 3.63) is 18.2 Å². The van der Waals surface area contributed by atoms with Gasteiger partial charge in [-0.3, -0.25) is 19.3 Å². The van der Waals surface area contributed by atoms with Gasteiger partial charge >= 0.3 is 12.0 Å². The molecule has 26 heavy (non-hydrogen) atoms. The van der Waals surface area contributed by atoms with E-state index < -0.39 is 37.0 Å². The number of carbonyl (C=O) groups is 4. The third kappa shape index (κ3) is 4.41. The smallest absolute Gasteiger partial charge is 0.327 e. The molecule has 10 nitrogen and oxygen atoms in total. The number of imide groups is 1. The summed E-state index contributed by atoms with van der Waals surface area (Å²) in [4.78, 5) is 48.9. The van der Waals surface area contributed by atoms with Crippen molar-refractivity contribution in [3.8, 4) is 11.5 Å². The van der Waals surface area contributed by atoms with Crippen molar-refractivity contribution in [2.75, 3.05) is 46.3 Å². The second kappa shape index (κ2) is 8.19. The molecule has 1 heterocycles. The van der Waals surface area contributed by atoms with E-state index in [2.05, 4.69) is 5.32 Å². The van der Waals surface area contributed by atoms with E-state index in [9.17, 15) is 19.2 Å². The molecule has 0 spiro atoms. The predicted octanol–water partition coefficient (Wildman–Crippen LogP) is 0.0795. The second-order valence-electron chi connectivity index (χ2n) is 5.39. The van der Waals surface area contributed by atoms with Crippen LogP contribution in [0.4, 0.5) is 10.5 Å². The number of hydrogen-bond donors (Lipinski definition) is 1. The number of esters is 1. The molecule has 1 aromatic carbocycles. The third-order valence-electron chi connectivity index (χ3n) is 3.56. The number of rotatable bonds is 7. The summed E-state index contributed by atoms with van der Waals surface area (Å²) >= 11 is 0. The summed E-state index contributed by atoms with van der Waals surface area (Å²) in [5, 5.41) is 2.53. The highest BCUT2D eigenvalue weighted by atomic mass is 16.5. The Labute approximate surface area is 149 Å². The van der Waals surface area contributed by atoms with Crippen LogP contribution >= 0.6 is 0 Å². The maximum atomic E-state index is 12.0. The van der Waals surface area contributed by atoms with Crippen LogP contribution in [0.15, 0.2) is 18.2 Å². The van der Waals surface area contributed by atoms with E-state index in [1.54, 1.807) is 18.2 Å². The van der Waals surface area contributed by atoms with E-state index in [-0.39, 0.29) is 6.54 Å². The van der Waals surface area contributed by atoms with E-state index in [1.165, 1.54) is 26.2 Å². The lowest BCUT2D eigenvalue weighted by atomic mass is 10.2. The normalized spacial score (nSPS) is 13.7. The van der Waals surface area contributed by atoms with Crippen LogP contribution in [0.2, 0.25) is 0 Å². The molecule has 1 aliphatic heterocycles. The van der Waals surface area contributed by atoms with E-state index in [1.807, 2.05) is 0 Å². The minimum absolute atomic E-state index is 0.0950. The molecule has 0 aromatic heterocycles. The van der Waals surface area contributed by atoms with Gasteiger partial charge in [-0.25, -0.2) is 4.79 Å². The van der Waals surface area contributed by atoms with Gasteiger partial charge in [0.2, 0.25) is 0 Å². The third-order valence-corrected chi connectivity index (χ3v) is 3.56. The Morgan fingerprint density at radius 1 is 1.19 bits per heavy atom. The number of nitrogens with one attached hydrogen (secondary N) is 1. The Bertz CT molecular complexity index is 735. The topological polar surface area (TPSA) is 114 Å². The number of carbonyl (C=O) groups excluding carboxylic acids is 4. The molecule has 1 N–H and O–H groups in total. The Kier molecular flexibility index (Phi) is 5.99. The predicted molar refractivity (Wildman–Crippen MR) is 88.9 cm³/mol. The number of urea groups is 1. The van der Waals surface area contributed by atoms with Crippen molar-refractivity contribution >= 4 is 29.5 Å². The van der Waals surface area contributed by atoms with E-state index >= 15 is 0 Å². The summed E-state index contributed by atoms with van der Waals surface area (Å²) in [6.45, 7) is -1.22. The molecule has 1 fully saturated rings. The van der Waals surface area contributed by atoms with E-state index in [0.29, 0.717) is 17.2 Å². The van der Waals surface area contributed by atoms with Crippen LogP contribution < -0.4 is 14.8 Å². The van der Waals surface area contributed by atoms with Crippen LogP contribution in [0.5, 0.6) is 11.5 Å². The average Bonchev–Trinajstić information content (AvgIpc) is 2.86. The molecular weight excluding hydrogens is 346 g/mol. The molecule has 4 amide bonds. The molecule has 0 unspecified atom stereocenters. The highest BCUT2D eigenvalue weighted by Gasteiger charge is 2.35. The highest BCUT2D eigenvalue weighted by molar-refractivity contribution is 6.04. The van der Waals surface area contributed by atoms with Crippen LogP contribution in [0.3, 0.4) is 0 Å². The van der Waals surface area contributed by atoms with Crippen molar-refractivity contribution < 1.29 is 33.4 Å². The highest BCUT2D eigenvalue weighted by Crippen LogP contribution is 2.28. The van der Waals surface area contributed by atoms with Crippen molar-refractivity contribution in [1.29, 1.82) is 0 Å². The zero-order valence-electron chi connectivity index (χ0n) is 14.6. The van der Waals surface area contributed by atoms with Crippen LogP contribution in [-0.4, -0.2) is 74.6 Å². The van der Waals surface area contributed by atoms with Crippen molar-refractivity contribution in [2.45, 2.75) is 0 Å². The number of amides is 4. The summed E-state index contributed by atoms with van der Waals surface area (Å²) in [7, 11) is 4.37. The fourth-order valence-electron chi connectivity index (χ4n) is 2.24. The summed E-state index contributed by atoms with van der Waals surface area (Å²) in [5.41, 5.74) is 0.347. The standard InChI is InChI=1S/C16H19N3O7/c1-18-7-14(21)19(16(18)23)8-15(22)26-9-13(20)17-11-6-10(24-2)4-5-12(11)25-3/h4-6H,7-9H2,1-3H3,(H,17,20). The molecule has 1 saturated heterocycles. The van der Waals surface area contributed by atoms with E-state index in [0.717, 1.165) is 4.90 Å². The number of methoxy groups -OCH3 is 2. The van der Waals surface area contributed by atoms with Crippen molar-refractivity contribution in [3.63, 3.8) is 0 Å². The number of anilines is 1. The minimum Gasteiger partial charge on any atom is -0.497 e. The molecule has 0 aliphatic carbocycles. The monoisotopic (exact) mass is 365 g/mol. The largest absolute Gasteiger partial charge is 0.497 e. The molecule has 0 bridgehead atoms. The molecule has 140 valence electrons. The van der Waals surface area contributed by atoms with Crippen LogP contribution in [0.1, 0.15) is 0 Å². The molecule has 10 heteroatoms. The van der Waals surface area contributed by atoms with Crippen LogP contribution in [0.25, 0.3) is 0 Å². The number of ether oxygens (including phenoxy) is 3. The lowest BCUT2D eigenvalue weighted by Gasteiger charge is -2.14. The summed E-state index contributed by atoms with van der Waals surface area (Å²) < 4.78 is 15.0. The first-order valence-electron chi connectivity index (χ1n) is 7.58. The Balaban J connectivity index is 1.88. The Hall–Kier alpha value is -3.30. The lowest BCUT2D eigenvalue weighted by molar-refractivity contribution is -0.149. The zero-order valence-corrected chi connectivity index (χ0v) is 14.6. The van der Waals surface area contributed by atoms with Gasteiger partial charge in [-0.2, -0.15) is 0 Å². The lowest BCUT2D eigenvalue weighted by Crippen LogP contribution is -2.37. The van der Waals surface area contributed by atoms with E-state index in [4.69, 9.17) is 14.2 Å².